The second-order valence-corrected chi connectivity index (χ2v) is 11.3. The molecule has 0 saturated carbocycles. The van der Waals surface area contributed by atoms with Crippen molar-refractivity contribution in [3.05, 3.63) is 64.2 Å². The highest BCUT2D eigenvalue weighted by Crippen LogP contribution is 2.65. The van der Waals surface area contributed by atoms with E-state index in [1.165, 1.54) is 0 Å². The maximum absolute atomic E-state index is 14.1. The summed E-state index contributed by atoms with van der Waals surface area (Å²) in [4.78, 5) is 38.5. The van der Waals surface area contributed by atoms with Gasteiger partial charge < -0.3 is 14.9 Å². The molecule has 2 N–H and O–H groups in total. The van der Waals surface area contributed by atoms with Gasteiger partial charge in [-0.3, -0.25) is 14.4 Å². The first-order valence-electron chi connectivity index (χ1n) is 11.1. The Morgan fingerprint density at radius 2 is 1.48 bits per heavy atom. The van der Waals surface area contributed by atoms with Crippen molar-refractivity contribution in [2.75, 3.05) is 0 Å². The number of Topliss-reactive ketones (excluding diaryl/α,β-unsaturated/α-hetero) is 1. The maximum atomic E-state index is 14.1. The van der Waals surface area contributed by atoms with Crippen molar-refractivity contribution in [2.24, 2.45) is 0 Å². The molecule has 1 heterocycles. The largest absolute Gasteiger partial charge is 0.481 e. The lowest BCUT2D eigenvalue weighted by Gasteiger charge is -2.36. The average Bonchev–Trinajstić information content (AvgIpc) is 3.04. The van der Waals surface area contributed by atoms with Crippen molar-refractivity contribution in [1.29, 1.82) is 0 Å². The third-order valence-corrected chi connectivity index (χ3v) is 7.00. The summed E-state index contributed by atoms with van der Waals surface area (Å²) in [5, 5.41) is 19.9. The standard InChI is InChI=1S/C27H30O6/c1-24(2,3)15-11-18(25(4,5)6)22-19(12-15)26(13-20(28)29)23(32)16-9-7-8-10-17(16)27(26,33-22)14-21(30)31/h7-12H,13-14H2,1-6H3,(H,28,29)(H,30,31). The number of fused-ring (bicyclic) bond motifs is 5. The molecule has 4 rings (SSSR count). The summed E-state index contributed by atoms with van der Waals surface area (Å²) < 4.78 is 6.59. The predicted octanol–water partition coefficient (Wildman–Crippen LogP) is 4.95. The van der Waals surface area contributed by atoms with Crippen LogP contribution in [0, 0.1) is 0 Å². The first-order chi connectivity index (χ1) is 15.1. The van der Waals surface area contributed by atoms with Crippen LogP contribution in [-0.4, -0.2) is 27.9 Å². The topological polar surface area (TPSA) is 101 Å². The van der Waals surface area contributed by atoms with E-state index in [-0.39, 0.29) is 10.8 Å². The Bertz CT molecular complexity index is 1200. The van der Waals surface area contributed by atoms with Gasteiger partial charge in [-0.1, -0.05) is 77.9 Å². The third kappa shape index (κ3) is 3.10. The number of carboxylic acids is 2. The van der Waals surface area contributed by atoms with Crippen molar-refractivity contribution in [3.63, 3.8) is 0 Å². The highest BCUT2D eigenvalue weighted by molar-refractivity contribution is 6.13. The molecule has 0 aromatic heterocycles. The molecule has 2 unspecified atom stereocenters. The molecule has 0 fully saturated rings. The molecule has 0 amide bonds. The normalized spacial score (nSPS) is 23.5. The lowest BCUT2D eigenvalue weighted by molar-refractivity contribution is -0.146. The molecule has 2 aromatic rings. The van der Waals surface area contributed by atoms with E-state index in [4.69, 9.17) is 4.74 Å². The van der Waals surface area contributed by atoms with E-state index in [9.17, 15) is 24.6 Å². The van der Waals surface area contributed by atoms with Crippen LogP contribution in [0.1, 0.15) is 87.0 Å². The SMILES string of the molecule is CC(C)(C)c1cc(C(C)(C)C)c2c(c1)C1(CC(=O)O)C(=O)c3ccccc3C1(CC(=O)O)O2. The number of ether oxygens (including phenoxy) is 1. The Hall–Kier alpha value is -3.15. The zero-order valence-corrected chi connectivity index (χ0v) is 19.9. The van der Waals surface area contributed by atoms with Crippen molar-refractivity contribution in [3.8, 4) is 5.75 Å². The van der Waals surface area contributed by atoms with Crippen molar-refractivity contribution < 1.29 is 29.3 Å². The van der Waals surface area contributed by atoms with E-state index in [2.05, 4.69) is 20.8 Å². The number of benzene rings is 2. The van der Waals surface area contributed by atoms with Crippen LogP contribution in [0.5, 0.6) is 5.75 Å². The summed E-state index contributed by atoms with van der Waals surface area (Å²) in [6.45, 7) is 12.2. The van der Waals surface area contributed by atoms with Crippen LogP contribution >= 0.6 is 0 Å². The Balaban J connectivity index is 2.18. The van der Waals surface area contributed by atoms with Gasteiger partial charge in [0.25, 0.3) is 0 Å². The maximum Gasteiger partial charge on any atom is 0.307 e. The number of rotatable bonds is 4. The number of hydrogen-bond acceptors (Lipinski definition) is 4. The zero-order chi connectivity index (χ0) is 24.6. The number of hydrogen-bond donors (Lipinski definition) is 2. The quantitative estimate of drug-likeness (QED) is 0.683. The summed E-state index contributed by atoms with van der Waals surface area (Å²) in [5.74, 6) is -2.30. The summed E-state index contributed by atoms with van der Waals surface area (Å²) in [6, 6.07) is 10.6. The van der Waals surface area contributed by atoms with Gasteiger partial charge in [-0.25, -0.2) is 0 Å². The van der Waals surface area contributed by atoms with Gasteiger partial charge in [0.1, 0.15) is 11.2 Å². The molecule has 6 heteroatoms. The fraction of sp³-hybridized carbons (Fsp3) is 0.444. The van der Waals surface area contributed by atoms with Crippen LogP contribution in [0.15, 0.2) is 36.4 Å². The fourth-order valence-electron chi connectivity index (χ4n) is 5.42. The summed E-state index contributed by atoms with van der Waals surface area (Å²) in [6.07, 6.45) is -1.08. The van der Waals surface area contributed by atoms with Crippen molar-refractivity contribution in [2.45, 2.75) is 76.2 Å². The van der Waals surface area contributed by atoms with Crippen molar-refractivity contribution >= 4 is 17.7 Å². The molecule has 2 atom stereocenters. The average molecular weight is 451 g/mol. The Morgan fingerprint density at radius 1 is 0.879 bits per heavy atom. The molecular weight excluding hydrogens is 420 g/mol. The number of carbonyl (C=O) groups excluding carboxylic acids is 1. The first-order valence-corrected chi connectivity index (χ1v) is 11.1. The second kappa shape index (κ2) is 6.92. The van der Waals surface area contributed by atoms with Crippen LogP contribution in [0.25, 0.3) is 0 Å². The van der Waals surface area contributed by atoms with E-state index in [0.29, 0.717) is 22.4 Å². The van der Waals surface area contributed by atoms with Gasteiger partial charge in [0.15, 0.2) is 11.4 Å². The van der Waals surface area contributed by atoms with Crippen LogP contribution in [-0.2, 0) is 31.4 Å². The van der Waals surface area contributed by atoms with E-state index in [1.54, 1.807) is 24.3 Å². The Morgan fingerprint density at radius 3 is 2.03 bits per heavy atom. The molecule has 2 aromatic carbocycles. The number of carboxylic acid groups (broad SMARTS) is 2. The lowest BCUT2D eigenvalue weighted by atomic mass is 9.64. The molecule has 1 aliphatic heterocycles. The number of carbonyl (C=O) groups is 3. The third-order valence-electron chi connectivity index (χ3n) is 7.00. The summed E-state index contributed by atoms with van der Waals surface area (Å²) in [5.41, 5.74) is -0.969. The van der Waals surface area contributed by atoms with Gasteiger partial charge in [0, 0.05) is 22.3 Å². The molecule has 174 valence electrons. The fourth-order valence-corrected chi connectivity index (χ4v) is 5.42. The minimum atomic E-state index is -1.67. The van der Waals surface area contributed by atoms with Gasteiger partial charge in [0.2, 0.25) is 0 Å². The highest BCUT2D eigenvalue weighted by atomic mass is 16.5. The summed E-state index contributed by atoms with van der Waals surface area (Å²) >= 11 is 0. The Kier molecular flexibility index (Phi) is 4.83. The highest BCUT2D eigenvalue weighted by Gasteiger charge is 2.72. The number of ketones is 1. The van der Waals surface area contributed by atoms with E-state index >= 15 is 0 Å². The monoisotopic (exact) mass is 450 g/mol. The van der Waals surface area contributed by atoms with Crippen molar-refractivity contribution in [1.82, 2.24) is 0 Å². The first kappa shape index (κ1) is 23.0. The molecule has 33 heavy (non-hydrogen) atoms. The van der Waals surface area contributed by atoms with Crippen LogP contribution in [0.3, 0.4) is 0 Å². The minimum absolute atomic E-state index is 0.286. The smallest absolute Gasteiger partial charge is 0.307 e. The summed E-state index contributed by atoms with van der Waals surface area (Å²) in [7, 11) is 0. The lowest BCUT2D eigenvalue weighted by Crippen LogP contribution is -2.51. The Labute approximate surface area is 193 Å². The van der Waals surface area contributed by atoms with Crippen LogP contribution in [0.2, 0.25) is 0 Å². The van der Waals surface area contributed by atoms with E-state index in [1.807, 2.05) is 32.9 Å². The van der Waals surface area contributed by atoms with E-state index in [0.717, 1.165) is 11.1 Å². The zero-order valence-electron chi connectivity index (χ0n) is 19.9. The molecular formula is C27H30O6. The van der Waals surface area contributed by atoms with Gasteiger partial charge in [-0.2, -0.15) is 0 Å². The van der Waals surface area contributed by atoms with Crippen LogP contribution < -0.4 is 4.74 Å². The predicted molar refractivity (Wildman–Crippen MR) is 123 cm³/mol. The number of aliphatic carboxylic acids is 2. The van der Waals surface area contributed by atoms with Gasteiger partial charge in [-0.15, -0.1) is 0 Å². The van der Waals surface area contributed by atoms with Crippen LogP contribution in [0.4, 0.5) is 0 Å². The molecule has 0 radical (unpaired) electrons. The molecule has 0 spiro atoms. The van der Waals surface area contributed by atoms with Gasteiger partial charge in [0.05, 0.1) is 12.8 Å². The molecule has 1 aliphatic carbocycles. The molecule has 0 bridgehead atoms. The molecule has 6 nitrogen and oxygen atoms in total. The van der Waals surface area contributed by atoms with E-state index < -0.39 is 41.6 Å². The second-order valence-electron chi connectivity index (χ2n) is 11.3. The molecule has 2 aliphatic rings. The van der Waals surface area contributed by atoms with Gasteiger partial charge in [-0.05, 0) is 16.4 Å². The minimum Gasteiger partial charge on any atom is -0.481 e. The molecule has 0 saturated heterocycles. The van der Waals surface area contributed by atoms with Gasteiger partial charge >= 0.3 is 11.9 Å².